The lowest BCUT2D eigenvalue weighted by Gasteiger charge is -2.23. The van der Waals surface area contributed by atoms with Crippen LogP contribution in [0.1, 0.15) is 27.2 Å². The first-order valence-electron chi connectivity index (χ1n) is 4.56. The highest BCUT2D eigenvalue weighted by Crippen LogP contribution is 2.12. The topological polar surface area (TPSA) is 27.7 Å². The molecule has 0 aliphatic carbocycles. The minimum Gasteiger partial charge on any atom is -0.476 e. The monoisotopic (exact) mass is 188 g/mol. The van der Waals surface area contributed by atoms with E-state index in [1.54, 1.807) is 0 Å². The predicted octanol–water partition coefficient (Wildman–Crippen LogP) is 2.33. The van der Waals surface area contributed by atoms with Crippen LogP contribution >= 0.6 is 0 Å². The highest BCUT2D eigenvalue weighted by Gasteiger charge is 2.14. The Morgan fingerprint density at radius 1 is 1.31 bits per heavy atom. The van der Waals surface area contributed by atoms with Crippen molar-refractivity contribution in [2.75, 3.05) is 20.0 Å². The number of rotatable bonds is 8. The van der Waals surface area contributed by atoms with Gasteiger partial charge in [-0.25, -0.2) is 0 Å². The Bertz CT molecular complexity index is 132. The molecule has 0 N–H and O–H groups in total. The van der Waals surface area contributed by atoms with Gasteiger partial charge in [-0.3, -0.25) is 0 Å². The van der Waals surface area contributed by atoms with Gasteiger partial charge in [-0.15, -0.1) is 0 Å². The van der Waals surface area contributed by atoms with Crippen molar-refractivity contribution in [2.45, 2.75) is 32.8 Å². The van der Waals surface area contributed by atoms with Gasteiger partial charge in [0.05, 0.1) is 25.1 Å². The molecular weight excluding hydrogens is 168 g/mol. The first-order valence-corrected chi connectivity index (χ1v) is 4.56. The van der Waals surface area contributed by atoms with Gasteiger partial charge in [0.1, 0.15) is 0 Å². The SMILES string of the molecule is C=COCOCCOC(C)(C)CC. The van der Waals surface area contributed by atoms with Crippen molar-refractivity contribution in [2.24, 2.45) is 0 Å². The molecule has 0 saturated carbocycles. The summed E-state index contributed by atoms with van der Waals surface area (Å²) in [6.45, 7) is 11.0. The van der Waals surface area contributed by atoms with Crippen molar-refractivity contribution in [1.29, 1.82) is 0 Å². The maximum Gasteiger partial charge on any atom is 0.188 e. The van der Waals surface area contributed by atoms with Crippen LogP contribution in [0.5, 0.6) is 0 Å². The number of hydrogen-bond acceptors (Lipinski definition) is 3. The summed E-state index contributed by atoms with van der Waals surface area (Å²) < 4.78 is 15.4. The summed E-state index contributed by atoms with van der Waals surface area (Å²) in [5.74, 6) is 0. The highest BCUT2D eigenvalue weighted by molar-refractivity contribution is 4.64. The lowest BCUT2D eigenvalue weighted by Crippen LogP contribution is -2.25. The third-order valence-electron chi connectivity index (χ3n) is 1.84. The molecule has 3 nitrogen and oxygen atoms in total. The molecule has 0 aliphatic rings. The summed E-state index contributed by atoms with van der Waals surface area (Å²) in [4.78, 5) is 0. The van der Waals surface area contributed by atoms with Crippen LogP contribution in [-0.4, -0.2) is 25.6 Å². The Labute approximate surface area is 80.7 Å². The fraction of sp³-hybridized carbons (Fsp3) is 0.800. The van der Waals surface area contributed by atoms with Crippen molar-refractivity contribution in [1.82, 2.24) is 0 Å². The largest absolute Gasteiger partial charge is 0.476 e. The van der Waals surface area contributed by atoms with E-state index in [1.807, 2.05) is 0 Å². The average molecular weight is 188 g/mol. The molecule has 0 amide bonds. The molecule has 0 heterocycles. The fourth-order valence-corrected chi connectivity index (χ4v) is 0.634. The molecule has 0 aromatic carbocycles. The third-order valence-corrected chi connectivity index (χ3v) is 1.84. The lowest BCUT2D eigenvalue weighted by atomic mass is 10.1. The van der Waals surface area contributed by atoms with Crippen molar-refractivity contribution in [3.8, 4) is 0 Å². The summed E-state index contributed by atoms with van der Waals surface area (Å²) in [6, 6.07) is 0. The van der Waals surface area contributed by atoms with E-state index in [0.29, 0.717) is 13.2 Å². The molecule has 0 aromatic rings. The zero-order valence-electron chi connectivity index (χ0n) is 8.84. The van der Waals surface area contributed by atoms with Crippen molar-refractivity contribution in [3.63, 3.8) is 0 Å². The van der Waals surface area contributed by atoms with E-state index in [9.17, 15) is 0 Å². The highest BCUT2D eigenvalue weighted by atomic mass is 16.7. The second-order valence-electron chi connectivity index (χ2n) is 3.32. The molecular formula is C10H20O3. The Morgan fingerprint density at radius 2 is 2.00 bits per heavy atom. The Hall–Kier alpha value is -0.540. The molecule has 0 aliphatic heterocycles. The number of ether oxygens (including phenoxy) is 3. The van der Waals surface area contributed by atoms with Crippen LogP contribution < -0.4 is 0 Å². The van der Waals surface area contributed by atoms with Crippen LogP contribution in [0.3, 0.4) is 0 Å². The van der Waals surface area contributed by atoms with Crippen molar-refractivity contribution in [3.05, 3.63) is 12.8 Å². The van der Waals surface area contributed by atoms with E-state index in [0.717, 1.165) is 6.42 Å². The minimum atomic E-state index is -0.0529. The molecule has 0 radical (unpaired) electrons. The van der Waals surface area contributed by atoms with E-state index in [-0.39, 0.29) is 12.4 Å². The van der Waals surface area contributed by atoms with Gasteiger partial charge in [0.15, 0.2) is 6.79 Å². The molecule has 78 valence electrons. The van der Waals surface area contributed by atoms with Crippen LogP contribution in [0.4, 0.5) is 0 Å². The Morgan fingerprint density at radius 3 is 2.54 bits per heavy atom. The van der Waals surface area contributed by atoms with Crippen molar-refractivity contribution < 1.29 is 14.2 Å². The van der Waals surface area contributed by atoms with Crippen LogP contribution in [0, 0.1) is 0 Å². The van der Waals surface area contributed by atoms with Crippen LogP contribution in [0.15, 0.2) is 12.8 Å². The van der Waals surface area contributed by atoms with E-state index in [2.05, 4.69) is 27.4 Å². The average Bonchev–Trinajstić information content (AvgIpc) is 2.11. The van der Waals surface area contributed by atoms with E-state index in [4.69, 9.17) is 14.2 Å². The summed E-state index contributed by atoms with van der Waals surface area (Å²) >= 11 is 0. The Kier molecular flexibility index (Phi) is 6.63. The Balaban J connectivity index is 3.20. The smallest absolute Gasteiger partial charge is 0.188 e. The maximum absolute atomic E-state index is 5.55. The zero-order chi connectivity index (χ0) is 10.2. The van der Waals surface area contributed by atoms with Gasteiger partial charge in [0.25, 0.3) is 0 Å². The zero-order valence-corrected chi connectivity index (χ0v) is 8.84. The van der Waals surface area contributed by atoms with Crippen molar-refractivity contribution >= 4 is 0 Å². The van der Waals surface area contributed by atoms with Gasteiger partial charge < -0.3 is 14.2 Å². The summed E-state index contributed by atoms with van der Waals surface area (Å²) in [6.07, 6.45) is 2.35. The molecule has 0 bridgehead atoms. The van der Waals surface area contributed by atoms with Gasteiger partial charge in [-0.2, -0.15) is 0 Å². The second kappa shape index (κ2) is 6.92. The standard InChI is InChI=1S/C10H20O3/c1-5-10(3,4)13-8-7-12-9-11-6-2/h6H,2,5,7-9H2,1,3-4H3. The summed E-state index contributed by atoms with van der Waals surface area (Å²) in [5.41, 5.74) is -0.0529. The van der Waals surface area contributed by atoms with Gasteiger partial charge >= 0.3 is 0 Å². The maximum atomic E-state index is 5.55. The molecule has 0 spiro atoms. The molecule has 0 rings (SSSR count). The molecule has 0 fully saturated rings. The molecule has 0 atom stereocenters. The van der Waals surface area contributed by atoms with Gasteiger partial charge in [0.2, 0.25) is 0 Å². The predicted molar refractivity (Wildman–Crippen MR) is 52.4 cm³/mol. The normalized spacial score (nSPS) is 11.3. The minimum absolute atomic E-state index is 0.0529. The summed E-state index contributed by atoms with van der Waals surface area (Å²) in [7, 11) is 0. The van der Waals surface area contributed by atoms with E-state index < -0.39 is 0 Å². The first-order chi connectivity index (χ1) is 6.12. The summed E-state index contributed by atoms with van der Waals surface area (Å²) in [5, 5.41) is 0. The quantitative estimate of drug-likeness (QED) is 0.332. The molecule has 13 heavy (non-hydrogen) atoms. The van der Waals surface area contributed by atoms with Crippen LogP contribution in [0.2, 0.25) is 0 Å². The molecule has 3 heteroatoms. The van der Waals surface area contributed by atoms with Crippen LogP contribution in [0.25, 0.3) is 0 Å². The van der Waals surface area contributed by atoms with E-state index >= 15 is 0 Å². The van der Waals surface area contributed by atoms with E-state index in [1.165, 1.54) is 6.26 Å². The first kappa shape index (κ1) is 12.5. The second-order valence-corrected chi connectivity index (χ2v) is 3.32. The third kappa shape index (κ3) is 7.81. The molecule has 0 saturated heterocycles. The van der Waals surface area contributed by atoms with Crippen LogP contribution in [-0.2, 0) is 14.2 Å². The molecule has 0 aromatic heterocycles. The van der Waals surface area contributed by atoms with Gasteiger partial charge in [0, 0.05) is 0 Å². The molecule has 0 unspecified atom stereocenters. The fourth-order valence-electron chi connectivity index (χ4n) is 0.634. The lowest BCUT2D eigenvalue weighted by molar-refractivity contribution is -0.0762. The van der Waals surface area contributed by atoms with Gasteiger partial charge in [-0.1, -0.05) is 13.5 Å². The van der Waals surface area contributed by atoms with Gasteiger partial charge in [-0.05, 0) is 20.3 Å². The number of hydrogen-bond donors (Lipinski definition) is 0.